The Hall–Kier alpha value is -0.520. The van der Waals surface area contributed by atoms with Crippen molar-refractivity contribution in [1.29, 1.82) is 0 Å². The third kappa shape index (κ3) is 2.38. The molecule has 0 radical (unpaired) electrons. The summed E-state index contributed by atoms with van der Waals surface area (Å²) in [6, 6.07) is 0. The van der Waals surface area contributed by atoms with Crippen LogP contribution in [0.5, 0.6) is 0 Å². The largest absolute Gasteiger partial charge is 0.388 e. The zero-order chi connectivity index (χ0) is 8.15. The van der Waals surface area contributed by atoms with Crippen LogP contribution in [0.4, 0.5) is 4.39 Å². The zero-order valence-corrected chi connectivity index (χ0v) is 5.20. The van der Waals surface area contributed by atoms with Crippen molar-refractivity contribution >= 4 is 5.78 Å². The van der Waals surface area contributed by atoms with Crippen molar-refractivity contribution in [3.63, 3.8) is 0 Å². The maximum absolute atomic E-state index is 11.5. The number of hydrogen-bond acceptors (Lipinski definition) is 4. The molecule has 0 bridgehead atoms. The molecule has 10 heavy (non-hydrogen) atoms. The van der Waals surface area contributed by atoms with Crippen LogP contribution in [0.1, 0.15) is 0 Å². The Bertz CT molecular complexity index is 116. The summed E-state index contributed by atoms with van der Waals surface area (Å²) in [5.74, 6) is -0.981. The number of Topliss-reactive ketones (excluding diaryl/α,β-unsaturated/α-hetero) is 1. The van der Waals surface area contributed by atoms with Gasteiger partial charge >= 0.3 is 0 Å². The summed E-state index contributed by atoms with van der Waals surface area (Å²) in [5.41, 5.74) is 0. The summed E-state index contributed by atoms with van der Waals surface area (Å²) < 4.78 is 11.5. The van der Waals surface area contributed by atoms with Gasteiger partial charge in [0.05, 0.1) is 0 Å². The molecule has 0 aromatic rings. The summed E-state index contributed by atoms with van der Waals surface area (Å²) >= 11 is 0. The lowest BCUT2D eigenvalue weighted by Crippen LogP contribution is -2.36. The van der Waals surface area contributed by atoms with E-state index in [0.29, 0.717) is 0 Å². The van der Waals surface area contributed by atoms with Gasteiger partial charge in [0.2, 0.25) is 0 Å². The van der Waals surface area contributed by atoms with E-state index in [-0.39, 0.29) is 0 Å². The van der Waals surface area contributed by atoms with E-state index >= 15 is 0 Å². The van der Waals surface area contributed by atoms with Crippen LogP contribution in [0, 0.1) is 0 Å². The first-order chi connectivity index (χ1) is 4.63. The average molecular weight is 152 g/mol. The van der Waals surface area contributed by atoms with E-state index in [9.17, 15) is 9.18 Å². The van der Waals surface area contributed by atoms with Gasteiger partial charge in [-0.1, -0.05) is 0 Å². The second-order valence-corrected chi connectivity index (χ2v) is 1.79. The minimum atomic E-state index is -1.81. The van der Waals surface area contributed by atoms with Gasteiger partial charge in [-0.05, 0) is 0 Å². The molecule has 0 aliphatic heterocycles. The van der Waals surface area contributed by atoms with Gasteiger partial charge in [-0.25, -0.2) is 4.39 Å². The highest BCUT2D eigenvalue weighted by Gasteiger charge is 2.22. The van der Waals surface area contributed by atoms with Crippen molar-refractivity contribution in [3.05, 3.63) is 0 Å². The average Bonchev–Trinajstić information content (AvgIpc) is 2.00. The second-order valence-electron chi connectivity index (χ2n) is 1.79. The highest BCUT2D eigenvalue weighted by molar-refractivity contribution is 5.84. The van der Waals surface area contributed by atoms with Gasteiger partial charge in [0.1, 0.15) is 25.5 Å². The van der Waals surface area contributed by atoms with Gasteiger partial charge in [-0.2, -0.15) is 0 Å². The predicted molar refractivity (Wildman–Crippen MR) is 30.1 cm³/mol. The lowest BCUT2D eigenvalue weighted by Gasteiger charge is -2.10. The van der Waals surface area contributed by atoms with Gasteiger partial charge in [-0.15, -0.1) is 0 Å². The van der Waals surface area contributed by atoms with Gasteiger partial charge < -0.3 is 15.3 Å². The molecule has 2 unspecified atom stereocenters. The number of hydrogen-bond donors (Lipinski definition) is 3. The van der Waals surface area contributed by atoms with Gasteiger partial charge in [-0.3, -0.25) is 4.79 Å². The first-order valence-electron chi connectivity index (χ1n) is 2.69. The van der Waals surface area contributed by atoms with Crippen molar-refractivity contribution in [2.45, 2.75) is 12.2 Å². The fraction of sp³-hybridized carbons (Fsp3) is 0.800. The SMILES string of the molecule is O=C(CO)C(O)C(O)CF. The Morgan fingerprint density at radius 1 is 1.50 bits per heavy atom. The molecule has 0 saturated carbocycles. The molecular weight excluding hydrogens is 143 g/mol. The Labute approximate surface area is 56.9 Å². The summed E-state index contributed by atoms with van der Waals surface area (Å²) in [5, 5.41) is 25.2. The predicted octanol–water partition coefficient (Wildman–Crippen LogP) is -1.76. The van der Waals surface area contributed by atoms with E-state index in [1.54, 1.807) is 0 Å². The molecule has 0 heterocycles. The summed E-state index contributed by atoms with van der Waals surface area (Å²) in [6.07, 6.45) is -3.53. The molecule has 5 heteroatoms. The molecule has 0 saturated heterocycles. The molecule has 60 valence electrons. The fourth-order valence-electron chi connectivity index (χ4n) is 0.392. The summed E-state index contributed by atoms with van der Waals surface area (Å²) in [6.45, 7) is -2.09. The highest BCUT2D eigenvalue weighted by atomic mass is 19.1. The smallest absolute Gasteiger partial charge is 0.189 e. The van der Waals surface area contributed by atoms with Crippen LogP contribution < -0.4 is 0 Å². The standard InChI is InChI=1S/C5H9FO4/c6-1-3(8)5(10)4(9)2-7/h3,5,7-8,10H,1-2H2. The van der Waals surface area contributed by atoms with Crippen molar-refractivity contribution < 1.29 is 24.5 Å². The molecule has 0 rings (SSSR count). The molecule has 0 fully saturated rings. The molecule has 3 N–H and O–H groups in total. The normalized spacial score (nSPS) is 16.4. The van der Waals surface area contributed by atoms with Crippen LogP contribution in [0.15, 0.2) is 0 Å². The molecule has 0 aromatic carbocycles. The number of alkyl halides is 1. The molecule has 2 atom stereocenters. The first-order valence-corrected chi connectivity index (χ1v) is 2.69. The van der Waals surface area contributed by atoms with Crippen molar-refractivity contribution in [2.24, 2.45) is 0 Å². The van der Waals surface area contributed by atoms with Crippen molar-refractivity contribution in [3.8, 4) is 0 Å². The van der Waals surface area contributed by atoms with Gasteiger partial charge in [0.25, 0.3) is 0 Å². The van der Waals surface area contributed by atoms with E-state index in [1.807, 2.05) is 0 Å². The highest BCUT2D eigenvalue weighted by Crippen LogP contribution is 1.95. The molecule has 0 aliphatic carbocycles. The molecule has 0 aromatic heterocycles. The van der Waals surface area contributed by atoms with E-state index in [2.05, 4.69) is 0 Å². The zero-order valence-electron chi connectivity index (χ0n) is 5.20. The van der Waals surface area contributed by atoms with Crippen LogP contribution in [-0.2, 0) is 4.79 Å². The molecule has 0 amide bonds. The second kappa shape index (κ2) is 4.32. The number of halogens is 1. The Morgan fingerprint density at radius 3 is 2.30 bits per heavy atom. The van der Waals surface area contributed by atoms with E-state index in [1.165, 1.54) is 0 Å². The van der Waals surface area contributed by atoms with Crippen LogP contribution in [0.3, 0.4) is 0 Å². The number of aliphatic hydroxyl groups excluding tert-OH is 3. The monoisotopic (exact) mass is 152 g/mol. The Balaban J connectivity index is 3.81. The number of carbonyl (C=O) groups is 1. The third-order valence-corrected chi connectivity index (χ3v) is 1.01. The van der Waals surface area contributed by atoms with Gasteiger partial charge in [0, 0.05) is 0 Å². The molecular formula is C5H9FO4. The van der Waals surface area contributed by atoms with E-state index in [4.69, 9.17) is 15.3 Å². The minimum Gasteiger partial charge on any atom is -0.388 e. The number of ketones is 1. The van der Waals surface area contributed by atoms with E-state index < -0.39 is 31.3 Å². The van der Waals surface area contributed by atoms with E-state index in [0.717, 1.165) is 0 Å². The maximum Gasteiger partial charge on any atom is 0.189 e. The fourth-order valence-corrected chi connectivity index (χ4v) is 0.392. The maximum atomic E-state index is 11.5. The minimum absolute atomic E-state index is 0.891. The van der Waals surface area contributed by atoms with Crippen LogP contribution >= 0.6 is 0 Å². The van der Waals surface area contributed by atoms with Crippen molar-refractivity contribution in [1.82, 2.24) is 0 Å². The first kappa shape index (κ1) is 9.48. The molecule has 0 aliphatic rings. The summed E-state index contributed by atoms with van der Waals surface area (Å²) in [4.78, 5) is 10.3. The number of rotatable bonds is 4. The lowest BCUT2D eigenvalue weighted by molar-refractivity contribution is -0.136. The van der Waals surface area contributed by atoms with Crippen LogP contribution in [0.25, 0.3) is 0 Å². The third-order valence-electron chi connectivity index (χ3n) is 1.01. The molecule has 4 nitrogen and oxygen atoms in total. The lowest BCUT2D eigenvalue weighted by atomic mass is 10.1. The molecule has 0 spiro atoms. The number of carbonyl (C=O) groups excluding carboxylic acids is 1. The van der Waals surface area contributed by atoms with Gasteiger partial charge in [0.15, 0.2) is 5.78 Å². The van der Waals surface area contributed by atoms with Crippen LogP contribution in [-0.4, -0.2) is 46.6 Å². The van der Waals surface area contributed by atoms with Crippen LogP contribution in [0.2, 0.25) is 0 Å². The Morgan fingerprint density at radius 2 is 2.00 bits per heavy atom. The van der Waals surface area contributed by atoms with Crippen molar-refractivity contribution in [2.75, 3.05) is 13.3 Å². The summed E-state index contributed by atoms with van der Waals surface area (Å²) in [7, 11) is 0. The Kier molecular flexibility index (Phi) is 4.10. The quantitative estimate of drug-likeness (QED) is 0.446. The number of aliphatic hydroxyl groups is 3. The topological polar surface area (TPSA) is 77.8 Å².